The molecule has 2 aromatic carbocycles. The molecule has 8 heteroatoms. The Balaban J connectivity index is 1.47. The minimum absolute atomic E-state index is 0.00795. The fourth-order valence-electron chi connectivity index (χ4n) is 3.90. The van der Waals surface area contributed by atoms with Crippen molar-refractivity contribution < 1.29 is 9.31 Å². The first kappa shape index (κ1) is 23.8. The maximum atomic E-state index is 14.7. The van der Waals surface area contributed by atoms with E-state index in [2.05, 4.69) is 27.0 Å². The molecule has 0 N–H and O–H groups in total. The molecule has 1 fully saturated rings. The van der Waals surface area contributed by atoms with Gasteiger partial charge in [-0.3, -0.25) is 15.0 Å². The molecule has 1 saturated heterocycles. The first-order chi connectivity index (χ1) is 15.6. The lowest BCUT2D eigenvalue weighted by Gasteiger charge is -2.36. The summed E-state index contributed by atoms with van der Waals surface area (Å²) in [5.74, 6) is -0.311. The molecule has 1 aliphatic rings. The van der Waals surface area contributed by atoms with Gasteiger partial charge in [0.05, 0.1) is 22.0 Å². The number of benzene rings is 2. The molecule has 0 bridgehead atoms. The number of anilines is 1. The average Bonchev–Trinajstić information content (AvgIpc) is 2.81. The van der Waals surface area contributed by atoms with Crippen molar-refractivity contribution in [2.24, 2.45) is 10.2 Å². The summed E-state index contributed by atoms with van der Waals surface area (Å²) in [7, 11) is 0. The average molecular weight is 442 g/mol. The zero-order valence-electron chi connectivity index (χ0n) is 18.8. The van der Waals surface area contributed by atoms with Crippen LogP contribution in [-0.2, 0) is 0 Å². The molecule has 0 saturated carbocycles. The first-order valence-electron chi connectivity index (χ1n) is 11.5. The Bertz CT molecular complexity index is 896. The maximum Gasteiger partial charge on any atom is 0.269 e. The van der Waals surface area contributed by atoms with Crippen LogP contribution in [0.25, 0.3) is 0 Å². The van der Waals surface area contributed by atoms with Crippen molar-refractivity contribution in [1.82, 2.24) is 4.90 Å². The smallest absolute Gasteiger partial charge is 0.269 e. The second-order valence-electron chi connectivity index (χ2n) is 8.21. The lowest BCUT2D eigenvalue weighted by molar-refractivity contribution is -0.384. The largest absolute Gasteiger partial charge is 0.367 e. The number of nitrogens with zero attached hydrogens (tertiary/aromatic N) is 5. The predicted octanol–water partition coefficient (Wildman–Crippen LogP) is 6.63. The van der Waals surface area contributed by atoms with Crippen molar-refractivity contribution in [3.8, 4) is 0 Å². The molecule has 0 radical (unpaired) electrons. The molecule has 1 aliphatic heterocycles. The van der Waals surface area contributed by atoms with Gasteiger partial charge in [0.1, 0.15) is 5.82 Å². The topological polar surface area (TPSA) is 74.3 Å². The third kappa shape index (κ3) is 7.09. The molecule has 0 aliphatic carbocycles. The minimum atomic E-state index is -0.469. The van der Waals surface area contributed by atoms with Gasteiger partial charge in [-0.05, 0) is 37.2 Å². The lowest BCUT2D eigenvalue weighted by Crippen LogP contribution is -2.46. The Morgan fingerprint density at radius 2 is 1.53 bits per heavy atom. The Morgan fingerprint density at radius 1 is 0.906 bits per heavy atom. The summed E-state index contributed by atoms with van der Waals surface area (Å²) in [5, 5.41) is 18.8. The van der Waals surface area contributed by atoms with Crippen LogP contribution in [0.2, 0.25) is 0 Å². The zero-order valence-corrected chi connectivity index (χ0v) is 18.8. The number of non-ortho nitro benzene ring substituents is 1. The Morgan fingerprint density at radius 3 is 2.19 bits per heavy atom. The van der Waals surface area contributed by atoms with Gasteiger partial charge in [0, 0.05) is 44.4 Å². The molecule has 172 valence electrons. The maximum absolute atomic E-state index is 14.7. The van der Waals surface area contributed by atoms with E-state index in [9.17, 15) is 14.5 Å². The molecule has 1 heterocycles. The normalized spacial score (nSPS) is 14.9. The number of nitro benzene ring substituents is 1. The number of rotatable bonds is 11. The molecule has 7 nitrogen and oxygen atoms in total. The second-order valence-corrected chi connectivity index (χ2v) is 8.21. The lowest BCUT2D eigenvalue weighted by atomic mass is 10.1. The Hall–Kier alpha value is -2.87. The van der Waals surface area contributed by atoms with E-state index in [-0.39, 0.29) is 11.5 Å². The van der Waals surface area contributed by atoms with Crippen molar-refractivity contribution >= 4 is 22.7 Å². The molecule has 32 heavy (non-hydrogen) atoms. The molecular weight excluding hydrogens is 409 g/mol. The third-order valence-corrected chi connectivity index (χ3v) is 5.81. The first-order valence-corrected chi connectivity index (χ1v) is 11.5. The summed E-state index contributed by atoms with van der Waals surface area (Å²) in [4.78, 5) is 14.8. The van der Waals surface area contributed by atoms with Crippen LogP contribution >= 0.6 is 0 Å². The van der Waals surface area contributed by atoms with E-state index in [4.69, 9.17) is 0 Å². The summed E-state index contributed by atoms with van der Waals surface area (Å²) < 4.78 is 14.7. The fourth-order valence-corrected chi connectivity index (χ4v) is 3.90. The second kappa shape index (κ2) is 12.2. The number of halogens is 1. The molecule has 3 rings (SSSR count). The molecule has 0 atom stereocenters. The third-order valence-electron chi connectivity index (χ3n) is 5.81. The quantitative estimate of drug-likeness (QED) is 0.170. The zero-order chi connectivity index (χ0) is 22.8. The van der Waals surface area contributed by atoms with Gasteiger partial charge in [-0.1, -0.05) is 39.0 Å². The number of hydrogen-bond acceptors (Lipinski definition) is 6. The van der Waals surface area contributed by atoms with Gasteiger partial charge in [0.25, 0.3) is 5.69 Å². The highest BCUT2D eigenvalue weighted by atomic mass is 19.1. The van der Waals surface area contributed by atoms with Crippen LogP contribution in [0, 0.1) is 15.9 Å². The van der Waals surface area contributed by atoms with Crippen molar-refractivity contribution in [2.75, 3.05) is 37.6 Å². The molecule has 0 spiro atoms. The molecule has 0 aromatic heterocycles. The highest BCUT2D eigenvalue weighted by molar-refractivity contribution is 5.54. The Labute approximate surface area is 189 Å². The Kier molecular flexibility index (Phi) is 9.10. The highest BCUT2D eigenvalue weighted by Crippen LogP contribution is 2.27. The predicted molar refractivity (Wildman–Crippen MR) is 126 cm³/mol. The minimum Gasteiger partial charge on any atom is -0.367 e. The van der Waals surface area contributed by atoms with Gasteiger partial charge in [-0.15, -0.1) is 0 Å². The van der Waals surface area contributed by atoms with Crippen LogP contribution in [0.5, 0.6) is 0 Å². The number of unbranched alkanes of at least 4 members (excludes halogenated alkanes) is 5. The van der Waals surface area contributed by atoms with Crippen molar-refractivity contribution in [2.45, 2.75) is 45.4 Å². The standard InChI is InChI=1S/C24H32FN5O2/c1-2-3-4-5-6-7-14-28-15-17-29(18-16-28)24-13-10-21(19-23(24)25)27-26-20-8-11-22(12-9-20)30(31)32/h8-13,19H,2-7,14-18H2,1H3. The SMILES string of the molecule is CCCCCCCCN1CCN(c2ccc(N=Nc3ccc([N+](=O)[O-])cc3)cc2F)CC1. The van der Waals surface area contributed by atoms with Crippen LogP contribution < -0.4 is 4.90 Å². The number of hydrogen-bond donors (Lipinski definition) is 0. The van der Waals surface area contributed by atoms with E-state index < -0.39 is 4.92 Å². The van der Waals surface area contributed by atoms with Crippen molar-refractivity contribution in [3.05, 3.63) is 58.4 Å². The van der Waals surface area contributed by atoms with E-state index >= 15 is 0 Å². The van der Waals surface area contributed by atoms with Gasteiger partial charge >= 0.3 is 0 Å². The van der Waals surface area contributed by atoms with Gasteiger partial charge in [0.15, 0.2) is 0 Å². The van der Waals surface area contributed by atoms with Crippen LogP contribution in [0.15, 0.2) is 52.7 Å². The summed E-state index contributed by atoms with van der Waals surface area (Å²) in [6, 6.07) is 10.6. The highest BCUT2D eigenvalue weighted by Gasteiger charge is 2.19. The summed E-state index contributed by atoms with van der Waals surface area (Å²) in [5.41, 5.74) is 1.47. The number of azo groups is 1. The fraction of sp³-hybridized carbons (Fsp3) is 0.500. The van der Waals surface area contributed by atoms with E-state index in [0.29, 0.717) is 17.1 Å². The monoisotopic (exact) mass is 441 g/mol. The van der Waals surface area contributed by atoms with Crippen LogP contribution in [0.3, 0.4) is 0 Å². The van der Waals surface area contributed by atoms with E-state index in [1.54, 1.807) is 12.1 Å². The number of piperazine rings is 1. The number of nitro groups is 1. The van der Waals surface area contributed by atoms with Crippen molar-refractivity contribution in [3.63, 3.8) is 0 Å². The van der Waals surface area contributed by atoms with Crippen LogP contribution in [0.1, 0.15) is 45.4 Å². The summed E-state index contributed by atoms with van der Waals surface area (Å²) in [6.07, 6.45) is 7.82. The van der Waals surface area contributed by atoms with E-state index in [1.165, 1.54) is 68.9 Å². The van der Waals surface area contributed by atoms with E-state index in [0.717, 1.165) is 32.7 Å². The van der Waals surface area contributed by atoms with Gasteiger partial charge in [0.2, 0.25) is 0 Å². The summed E-state index contributed by atoms with van der Waals surface area (Å²) in [6.45, 7) is 6.91. The molecule has 2 aromatic rings. The van der Waals surface area contributed by atoms with Crippen molar-refractivity contribution in [1.29, 1.82) is 0 Å². The molecule has 0 amide bonds. The van der Waals surface area contributed by atoms with Crippen LogP contribution in [0.4, 0.5) is 27.1 Å². The van der Waals surface area contributed by atoms with Gasteiger partial charge in [-0.25, -0.2) is 4.39 Å². The van der Waals surface area contributed by atoms with E-state index in [1.807, 2.05) is 0 Å². The summed E-state index contributed by atoms with van der Waals surface area (Å²) >= 11 is 0. The molecular formula is C24H32FN5O2. The van der Waals surface area contributed by atoms with Crippen LogP contribution in [-0.4, -0.2) is 42.5 Å². The van der Waals surface area contributed by atoms with Gasteiger partial charge < -0.3 is 4.90 Å². The molecule has 0 unspecified atom stereocenters. The van der Waals surface area contributed by atoms with Gasteiger partial charge in [-0.2, -0.15) is 10.2 Å².